The SMILES string of the molecule is CCCCCCCC/C=C/CCCCCCCC/C=C/CCCCCCCC. The lowest BCUT2D eigenvalue weighted by atomic mass is 10.1. The van der Waals surface area contributed by atoms with Crippen LogP contribution in [-0.2, 0) is 0 Å². The highest BCUT2D eigenvalue weighted by molar-refractivity contribution is 4.82. The molecule has 0 aromatic heterocycles. The van der Waals surface area contributed by atoms with Gasteiger partial charge in [-0.3, -0.25) is 0 Å². The number of rotatable bonds is 23. The zero-order chi connectivity index (χ0) is 20.4. The van der Waals surface area contributed by atoms with E-state index in [4.69, 9.17) is 0 Å². The van der Waals surface area contributed by atoms with Gasteiger partial charge in [-0.25, -0.2) is 0 Å². The van der Waals surface area contributed by atoms with Gasteiger partial charge in [0.15, 0.2) is 0 Å². The summed E-state index contributed by atoms with van der Waals surface area (Å²) in [5.41, 5.74) is 0. The first kappa shape index (κ1) is 27.5. The average molecular weight is 391 g/mol. The second-order valence-electron chi connectivity index (χ2n) is 8.75. The van der Waals surface area contributed by atoms with Gasteiger partial charge in [-0.05, 0) is 51.4 Å². The fourth-order valence-electron chi connectivity index (χ4n) is 3.79. The normalized spacial score (nSPS) is 11.9. The first-order chi connectivity index (χ1) is 13.9. The maximum absolute atomic E-state index is 2.43. The smallest absolute Gasteiger partial charge is 0.0351 e. The molecule has 0 rings (SSSR count). The van der Waals surface area contributed by atoms with Gasteiger partial charge < -0.3 is 0 Å². The van der Waals surface area contributed by atoms with E-state index in [1.165, 1.54) is 141 Å². The van der Waals surface area contributed by atoms with Gasteiger partial charge >= 0.3 is 0 Å². The third-order valence-electron chi connectivity index (χ3n) is 5.77. The highest BCUT2D eigenvalue weighted by Crippen LogP contribution is 2.11. The Morgan fingerprint density at radius 1 is 0.286 bits per heavy atom. The summed E-state index contributed by atoms with van der Waals surface area (Å²) in [4.78, 5) is 0. The fraction of sp³-hybridized carbons (Fsp3) is 0.857. The summed E-state index contributed by atoms with van der Waals surface area (Å²) in [5, 5.41) is 0. The van der Waals surface area contributed by atoms with E-state index >= 15 is 0 Å². The predicted octanol–water partition coefficient (Wildman–Crippen LogP) is 10.7. The first-order valence-corrected chi connectivity index (χ1v) is 13.2. The minimum Gasteiger partial charge on any atom is -0.0885 e. The lowest BCUT2D eigenvalue weighted by Gasteiger charge is -2.00. The van der Waals surface area contributed by atoms with Crippen LogP contribution in [0.15, 0.2) is 24.3 Å². The van der Waals surface area contributed by atoms with Crippen LogP contribution in [0.4, 0.5) is 0 Å². The van der Waals surface area contributed by atoms with Crippen LogP contribution in [0.1, 0.15) is 155 Å². The molecule has 166 valence electrons. The van der Waals surface area contributed by atoms with Gasteiger partial charge in [0.25, 0.3) is 0 Å². The number of unbranched alkanes of at least 4 members (excludes halogenated alkanes) is 19. The molecule has 28 heavy (non-hydrogen) atoms. The summed E-state index contributed by atoms with van der Waals surface area (Å²) in [6, 6.07) is 0. The van der Waals surface area contributed by atoms with Gasteiger partial charge in [0.05, 0.1) is 0 Å². The van der Waals surface area contributed by atoms with Gasteiger partial charge in [0.2, 0.25) is 0 Å². The summed E-state index contributed by atoms with van der Waals surface area (Å²) in [5.74, 6) is 0. The topological polar surface area (TPSA) is 0 Å². The number of hydrogen-bond donors (Lipinski definition) is 0. The Morgan fingerprint density at radius 2 is 0.500 bits per heavy atom. The van der Waals surface area contributed by atoms with Crippen molar-refractivity contribution in [2.24, 2.45) is 0 Å². The molecular weight excluding hydrogens is 336 g/mol. The van der Waals surface area contributed by atoms with Crippen LogP contribution in [0, 0.1) is 0 Å². The molecule has 0 saturated carbocycles. The molecular formula is C28H54. The molecule has 0 fully saturated rings. The average Bonchev–Trinajstić information content (AvgIpc) is 2.71. The summed E-state index contributed by atoms with van der Waals surface area (Å²) in [6.45, 7) is 4.58. The maximum Gasteiger partial charge on any atom is -0.0351 e. The van der Waals surface area contributed by atoms with Gasteiger partial charge in [0, 0.05) is 0 Å². The number of hydrogen-bond acceptors (Lipinski definition) is 0. The van der Waals surface area contributed by atoms with E-state index in [1.54, 1.807) is 0 Å². The summed E-state index contributed by atoms with van der Waals surface area (Å²) < 4.78 is 0. The number of allylic oxidation sites excluding steroid dienone is 4. The fourth-order valence-corrected chi connectivity index (χ4v) is 3.79. The molecule has 0 amide bonds. The van der Waals surface area contributed by atoms with E-state index < -0.39 is 0 Å². The molecule has 0 heteroatoms. The molecule has 0 spiro atoms. The summed E-state index contributed by atoms with van der Waals surface area (Å²) >= 11 is 0. The van der Waals surface area contributed by atoms with E-state index in [1.807, 2.05) is 0 Å². The Kier molecular flexibility index (Phi) is 26.0. The summed E-state index contributed by atoms with van der Waals surface area (Å²) in [7, 11) is 0. The molecule has 0 N–H and O–H groups in total. The molecule has 0 nitrogen and oxygen atoms in total. The van der Waals surface area contributed by atoms with Crippen LogP contribution in [0.2, 0.25) is 0 Å². The van der Waals surface area contributed by atoms with Crippen LogP contribution in [-0.4, -0.2) is 0 Å². The highest BCUT2D eigenvalue weighted by Gasteiger charge is 1.91. The Labute approximate surface area is 179 Å². The van der Waals surface area contributed by atoms with E-state index in [0.717, 1.165) is 0 Å². The van der Waals surface area contributed by atoms with Crippen molar-refractivity contribution in [3.8, 4) is 0 Å². The van der Waals surface area contributed by atoms with Crippen molar-refractivity contribution in [3.63, 3.8) is 0 Å². The van der Waals surface area contributed by atoms with Crippen molar-refractivity contribution >= 4 is 0 Å². The van der Waals surface area contributed by atoms with Crippen molar-refractivity contribution in [1.29, 1.82) is 0 Å². The van der Waals surface area contributed by atoms with Crippen LogP contribution in [0.3, 0.4) is 0 Å². The van der Waals surface area contributed by atoms with E-state index in [2.05, 4.69) is 38.2 Å². The quantitative estimate of drug-likeness (QED) is 0.120. The molecule has 0 unspecified atom stereocenters. The minimum atomic E-state index is 1.30. The van der Waals surface area contributed by atoms with Crippen LogP contribution in [0.25, 0.3) is 0 Å². The second-order valence-corrected chi connectivity index (χ2v) is 8.75. The predicted molar refractivity (Wildman–Crippen MR) is 131 cm³/mol. The first-order valence-electron chi connectivity index (χ1n) is 13.2. The monoisotopic (exact) mass is 390 g/mol. The van der Waals surface area contributed by atoms with Crippen LogP contribution in [0.5, 0.6) is 0 Å². The lowest BCUT2D eigenvalue weighted by molar-refractivity contribution is 0.597. The van der Waals surface area contributed by atoms with Crippen molar-refractivity contribution in [3.05, 3.63) is 24.3 Å². The van der Waals surface area contributed by atoms with Crippen molar-refractivity contribution in [1.82, 2.24) is 0 Å². The maximum atomic E-state index is 2.43. The Balaban J connectivity index is 3.11. The van der Waals surface area contributed by atoms with Crippen LogP contribution >= 0.6 is 0 Å². The molecule has 0 atom stereocenters. The zero-order valence-electron chi connectivity index (χ0n) is 19.9. The largest absolute Gasteiger partial charge is 0.0885 e. The van der Waals surface area contributed by atoms with Crippen molar-refractivity contribution < 1.29 is 0 Å². The van der Waals surface area contributed by atoms with Crippen molar-refractivity contribution in [2.75, 3.05) is 0 Å². The Bertz CT molecular complexity index is 280. The lowest BCUT2D eigenvalue weighted by Crippen LogP contribution is -1.80. The molecule has 0 aliphatic rings. The second kappa shape index (κ2) is 26.5. The molecule has 0 aromatic rings. The third-order valence-corrected chi connectivity index (χ3v) is 5.77. The highest BCUT2D eigenvalue weighted by atomic mass is 14.0. The van der Waals surface area contributed by atoms with Gasteiger partial charge in [-0.15, -0.1) is 0 Å². The molecule has 0 aliphatic carbocycles. The van der Waals surface area contributed by atoms with Gasteiger partial charge in [0.1, 0.15) is 0 Å². The molecule has 0 heterocycles. The Morgan fingerprint density at radius 3 is 0.750 bits per heavy atom. The third kappa shape index (κ3) is 25.5. The van der Waals surface area contributed by atoms with Crippen molar-refractivity contribution in [2.45, 2.75) is 155 Å². The summed E-state index contributed by atoms with van der Waals surface area (Å²) in [6.07, 6.45) is 40.4. The van der Waals surface area contributed by atoms with E-state index in [9.17, 15) is 0 Å². The molecule has 0 radical (unpaired) electrons. The van der Waals surface area contributed by atoms with Gasteiger partial charge in [-0.2, -0.15) is 0 Å². The molecule has 0 bridgehead atoms. The van der Waals surface area contributed by atoms with E-state index in [-0.39, 0.29) is 0 Å². The zero-order valence-corrected chi connectivity index (χ0v) is 19.9. The molecule has 0 aromatic carbocycles. The standard InChI is InChI=1S/C28H54/c1-3-5-7-9-11-13-15-17-19-21-23-25-27-28-26-24-22-20-18-16-14-12-10-8-6-4-2/h17-20H,3-16,21-28H2,1-2H3/b19-17+,20-18+. The molecule has 0 aliphatic heterocycles. The van der Waals surface area contributed by atoms with Gasteiger partial charge in [-0.1, -0.05) is 128 Å². The van der Waals surface area contributed by atoms with E-state index in [0.29, 0.717) is 0 Å². The minimum absolute atomic E-state index is 1.30. The van der Waals surface area contributed by atoms with Crippen LogP contribution < -0.4 is 0 Å². The molecule has 0 saturated heterocycles. The Hall–Kier alpha value is -0.520.